The number of carbonyl (C=O) groups excluding carboxylic acids is 1. The van der Waals surface area contributed by atoms with Gasteiger partial charge in [0, 0.05) is 41.9 Å². The first kappa shape index (κ1) is 27.6. The van der Waals surface area contributed by atoms with E-state index >= 15 is 0 Å². The van der Waals surface area contributed by atoms with Crippen LogP contribution in [-0.4, -0.2) is 32.0 Å². The number of amides is 1. The van der Waals surface area contributed by atoms with Gasteiger partial charge in [-0.25, -0.2) is 0 Å². The molecule has 2 unspecified atom stereocenters. The molecule has 3 heterocycles. The predicted octanol–water partition coefficient (Wildman–Crippen LogP) is 6.67. The van der Waals surface area contributed by atoms with Crippen LogP contribution in [0, 0.1) is 27.7 Å². The van der Waals surface area contributed by atoms with Crippen molar-refractivity contribution in [2.24, 2.45) is 0 Å². The fourth-order valence-corrected chi connectivity index (χ4v) is 6.14. The zero-order valence-corrected chi connectivity index (χ0v) is 24.7. The zero-order valence-electron chi connectivity index (χ0n) is 23.9. The maximum Gasteiger partial charge on any atom is 0.226 e. The molecule has 40 heavy (non-hydrogen) atoms. The monoisotopic (exact) mass is 551 g/mol. The van der Waals surface area contributed by atoms with E-state index in [-0.39, 0.29) is 18.0 Å². The van der Waals surface area contributed by atoms with Gasteiger partial charge < -0.3 is 20.1 Å². The first-order valence-corrected chi connectivity index (χ1v) is 14.3. The molecule has 2 atom stereocenters. The molecule has 206 valence electrons. The summed E-state index contributed by atoms with van der Waals surface area (Å²) in [6.07, 6.45) is 3.00. The van der Waals surface area contributed by atoms with E-state index in [1.54, 1.807) is 0 Å². The molecule has 0 spiro atoms. The number of carbonyl (C=O) groups is 1. The third-order valence-corrected chi connectivity index (χ3v) is 8.41. The highest BCUT2D eigenvalue weighted by Crippen LogP contribution is 2.41. The summed E-state index contributed by atoms with van der Waals surface area (Å²) in [5.74, 6) is -0.0235. The summed E-state index contributed by atoms with van der Waals surface area (Å²) >= 11 is 5.88. The predicted molar refractivity (Wildman–Crippen MR) is 166 cm³/mol. The molecule has 1 aliphatic rings. The lowest BCUT2D eigenvalue weighted by atomic mass is 9.96. The summed E-state index contributed by atoms with van der Waals surface area (Å²) in [5.41, 5.74) is 10.1. The summed E-state index contributed by atoms with van der Waals surface area (Å²) < 4.78 is 2.33. The zero-order chi connectivity index (χ0) is 28.4. The molecule has 6 nitrogen and oxygen atoms in total. The van der Waals surface area contributed by atoms with Crippen molar-refractivity contribution in [3.05, 3.63) is 112 Å². The lowest BCUT2D eigenvalue weighted by molar-refractivity contribution is -0.116. The lowest BCUT2D eigenvalue weighted by Crippen LogP contribution is -2.33. The van der Waals surface area contributed by atoms with E-state index in [9.17, 15) is 4.79 Å². The van der Waals surface area contributed by atoms with E-state index < -0.39 is 0 Å². The lowest BCUT2D eigenvalue weighted by Gasteiger charge is -2.28. The normalized spacial score (nSPS) is 16.7. The van der Waals surface area contributed by atoms with Crippen LogP contribution in [-0.2, 0) is 11.2 Å². The van der Waals surface area contributed by atoms with E-state index in [1.807, 2.05) is 48.7 Å². The highest BCUT2D eigenvalue weighted by atomic mass is 32.1. The van der Waals surface area contributed by atoms with Crippen LogP contribution in [0.4, 0.5) is 5.69 Å². The number of thiocarbonyl (C=S) groups is 1. The quantitative estimate of drug-likeness (QED) is 0.240. The van der Waals surface area contributed by atoms with Crippen molar-refractivity contribution in [2.45, 2.75) is 59.5 Å². The Morgan fingerprint density at radius 1 is 1.02 bits per heavy atom. The SMILES string of the molecule is CCc1ccccc1NC(=O)CCN1C(=S)NC(c2ccccn2)C1c1cc(C)n(-c2cccc(C)c2C)c1C. The Hall–Kier alpha value is -3.97. The second kappa shape index (κ2) is 11.6. The van der Waals surface area contributed by atoms with Gasteiger partial charge in [0.15, 0.2) is 5.11 Å². The van der Waals surface area contributed by atoms with E-state index in [4.69, 9.17) is 12.2 Å². The molecule has 1 amide bonds. The number of aryl methyl sites for hydroxylation is 3. The van der Waals surface area contributed by atoms with E-state index in [0.29, 0.717) is 18.1 Å². The number of aromatic nitrogens is 2. The van der Waals surface area contributed by atoms with Crippen molar-refractivity contribution in [3.63, 3.8) is 0 Å². The van der Waals surface area contributed by atoms with Gasteiger partial charge in [0.25, 0.3) is 0 Å². The van der Waals surface area contributed by atoms with Gasteiger partial charge in [0.2, 0.25) is 5.91 Å². The second-order valence-corrected chi connectivity index (χ2v) is 10.9. The number of hydrogen-bond acceptors (Lipinski definition) is 3. The Morgan fingerprint density at radius 2 is 1.80 bits per heavy atom. The first-order valence-electron chi connectivity index (χ1n) is 13.9. The second-order valence-electron chi connectivity index (χ2n) is 10.5. The number of nitrogens with one attached hydrogen (secondary N) is 2. The van der Waals surface area contributed by atoms with Crippen LogP contribution in [0.2, 0.25) is 0 Å². The fraction of sp³-hybridized carbons (Fsp3) is 0.303. The van der Waals surface area contributed by atoms with Gasteiger partial charge in [-0.15, -0.1) is 0 Å². The van der Waals surface area contributed by atoms with Gasteiger partial charge >= 0.3 is 0 Å². The minimum atomic E-state index is -0.134. The van der Waals surface area contributed by atoms with Crippen molar-refractivity contribution in [3.8, 4) is 5.69 Å². The molecule has 2 aromatic heterocycles. The van der Waals surface area contributed by atoms with Crippen LogP contribution < -0.4 is 10.6 Å². The van der Waals surface area contributed by atoms with Crippen molar-refractivity contribution in [2.75, 3.05) is 11.9 Å². The van der Waals surface area contributed by atoms with Gasteiger partial charge in [0.1, 0.15) is 0 Å². The van der Waals surface area contributed by atoms with Crippen LogP contribution in [0.25, 0.3) is 5.69 Å². The molecule has 5 rings (SSSR count). The van der Waals surface area contributed by atoms with Crippen LogP contribution in [0.15, 0.2) is 72.9 Å². The summed E-state index contributed by atoms with van der Waals surface area (Å²) in [7, 11) is 0. The highest BCUT2D eigenvalue weighted by Gasteiger charge is 2.41. The number of benzene rings is 2. The Bertz CT molecular complexity index is 1540. The highest BCUT2D eigenvalue weighted by molar-refractivity contribution is 7.80. The molecule has 1 aliphatic heterocycles. The molecule has 7 heteroatoms. The molecular weight excluding hydrogens is 514 g/mol. The van der Waals surface area contributed by atoms with Crippen LogP contribution >= 0.6 is 12.2 Å². The maximum absolute atomic E-state index is 13.1. The number of anilines is 1. The van der Waals surface area contributed by atoms with E-state index in [2.05, 4.69) is 84.0 Å². The Morgan fingerprint density at radius 3 is 2.55 bits per heavy atom. The van der Waals surface area contributed by atoms with Crippen molar-refractivity contribution in [1.29, 1.82) is 0 Å². The van der Waals surface area contributed by atoms with Crippen LogP contribution in [0.3, 0.4) is 0 Å². The molecule has 0 aliphatic carbocycles. The van der Waals surface area contributed by atoms with Gasteiger partial charge in [-0.2, -0.15) is 0 Å². The fourth-order valence-electron chi connectivity index (χ4n) is 5.81. The van der Waals surface area contributed by atoms with Crippen molar-refractivity contribution in [1.82, 2.24) is 19.8 Å². The Balaban J connectivity index is 1.49. The van der Waals surface area contributed by atoms with E-state index in [0.717, 1.165) is 34.8 Å². The molecule has 0 radical (unpaired) electrons. The standard InChI is InChI=1S/C33H37N5OS/c1-6-25-13-7-8-14-27(25)35-30(39)17-19-37-32(31(36-33(37)40)28-15-9-10-18-34-28)26-20-22(3)38(24(26)5)29-16-11-12-21(2)23(29)4/h7-16,18,20,31-32H,6,17,19H2,1-5H3,(H,35,39)(H,36,40). The van der Waals surface area contributed by atoms with Gasteiger partial charge in [-0.05, 0) is 98.9 Å². The topological polar surface area (TPSA) is 62.2 Å². The summed E-state index contributed by atoms with van der Waals surface area (Å²) in [6, 6.07) is 22.4. The average Bonchev–Trinajstić information content (AvgIpc) is 3.44. The van der Waals surface area contributed by atoms with E-state index in [1.165, 1.54) is 22.4 Å². The average molecular weight is 552 g/mol. The number of rotatable bonds is 8. The number of para-hydroxylation sites is 1. The van der Waals surface area contributed by atoms with Crippen LogP contribution in [0.1, 0.15) is 64.8 Å². The first-order chi connectivity index (χ1) is 19.3. The minimum Gasteiger partial charge on any atom is -0.352 e. The van der Waals surface area contributed by atoms with Gasteiger partial charge in [-0.3, -0.25) is 9.78 Å². The number of pyridine rings is 1. The molecule has 4 aromatic rings. The molecular formula is C33H37N5OS. The molecule has 2 N–H and O–H groups in total. The molecule has 0 saturated carbocycles. The summed E-state index contributed by atoms with van der Waals surface area (Å²) in [5, 5.41) is 7.28. The van der Waals surface area contributed by atoms with Gasteiger partial charge in [0.05, 0.1) is 17.8 Å². The van der Waals surface area contributed by atoms with Crippen LogP contribution in [0.5, 0.6) is 0 Å². The van der Waals surface area contributed by atoms with Crippen molar-refractivity contribution < 1.29 is 4.79 Å². The van der Waals surface area contributed by atoms with Gasteiger partial charge in [-0.1, -0.05) is 43.3 Å². The largest absolute Gasteiger partial charge is 0.352 e. The minimum absolute atomic E-state index is 0.0235. The Labute approximate surface area is 242 Å². The number of hydrogen-bond donors (Lipinski definition) is 2. The summed E-state index contributed by atoms with van der Waals surface area (Å²) in [6.45, 7) is 11.2. The third kappa shape index (κ3) is 5.26. The molecule has 2 aromatic carbocycles. The Kier molecular flexibility index (Phi) is 8.03. The smallest absolute Gasteiger partial charge is 0.226 e. The molecule has 1 saturated heterocycles. The molecule has 0 bridgehead atoms. The number of nitrogens with zero attached hydrogens (tertiary/aromatic N) is 3. The third-order valence-electron chi connectivity index (χ3n) is 8.06. The van der Waals surface area contributed by atoms with Crippen molar-refractivity contribution >= 4 is 28.9 Å². The molecule has 1 fully saturated rings. The maximum atomic E-state index is 13.1. The summed E-state index contributed by atoms with van der Waals surface area (Å²) in [4.78, 5) is 19.9.